The maximum Gasteiger partial charge on any atom is 0.0474 e. The van der Waals surface area contributed by atoms with Crippen molar-refractivity contribution in [2.45, 2.75) is 0 Å². The first kappa shape index (κ1) is 29.5. The first-order valence-electron chi connectivity index (χ1n) is 17.1. The molecule has 9 aromatic carbocycles. The predicted octanol–water partition coefficient (Wildman–Crippen LogP) is 13.7. The van der Waals surface area contributed by atoms with Crippen molar-refractivity contribution in [3.8, 4) is 22.3 Å². The van der Waals surface area contributed by atoms with E-state index in [1.807, 2.05) is 6.07 Å². The molecule has 0 spiro atoms. The average Bonchev–Trinajstić information content (AvgIpc) is 3.18. The summed E-state index contributed by atoms with van der Waals surface area (Å²) < 4.78 is 0. The van der Waals surface area contributed by atoms with E-state index < -0.39 is 0 Å². The van der Waals surface area contributed by atoms with Crippen LogP contribution < -0.4 is 10.2 Å². The molecule has 0 atom stereocenters. The first-order chi connectivity index (χ1) is 24.8. The molecule has 2 heteroatoms. The fraction of sp³-hybridized carbons (Fsp3) is 0. The van der Waals surface area contributed by atoms with Crippen molar-refractivity contribution in [2.24, 2.45) is 0 Å². The largest absolute Gasteiger partial charge is 0.355 e. The average molecular weight is 639 g/mol. The lowest BCUT2D eigenvalue weighted by Crippen LogP contribution is -2.09. The molecule has 0 aliphatic heterocycles. The highest BCUT2D eigenvalue weighted by Crippen LogP contribution is 2.41. The van der Waals surface area contributed by atoms with Gasteiger partial charge in [-0.2, -0.15) is 0 Å². The summed E-state index contributed by atoms with van der Waals surface area (Å²) in [5.74, 6) is 0. The molecule has 0 unspecified atom stereocenters. The number of para-hydroxylation sites is 3. The Morgan fingerprint density at radius 2 is 0.780 bits per heavy atom. The van der Waals surface area contributed by atoms with Crippen LogP contribution in [0.25, 0.3) is 54.6 Å². The molecule has 0 bridgehead atoms. The lowest BCUT2D eigenvalue weighted by atomic mass is 9.92. The Morgan fingerprint density at radius 1 is 0.300 bits per heavy atom. The Labute approximate surface area is 292 Å². The number of rotatable bonds is 7. The van der Waals surface area contributed by atoms with Crippen molar-refractivity contribution in [1.82, 2.24) is 0 Å². The van der Waals surface area contributed by atoms with Gasteiger partial charge in [0, 0.05) is 28.4 Å². The molecule has 2 nitrogen and oxygen atoms in total. The van der Waals surface area contributed by atoms with Gasteiger partial charge in [0.05, 0.1) is 0 Å². The van der Waals surface area contributed by atoms with Crippen LogP contribution >= 0.6 is 0 Å². The maximum atomic E-state index is 3.61. The lowest BCUT2D eigenvalue weighted by molar-refractivity contribution is 1.29. The summed E-state index contributed by atoms with van der Waals surface area (Å²) in [4.78, 5) is 2.34. The van der Waals surface area contributed by atoms with Crippen LogP contribution in [0.5, 0.6) is 0 Å². The van der Waals surface area contributed by atoms with Gasteiger partial charge in [-0.3, -0.25) is 0 Å². The standard InChI is InChI=1S/C48H34N2/c1-4-16-40(17-5-1)49-41-30-36-14-10-12-22-45(36)47(32-41)38-26-24-35-29-39(27-25-34(35)28-38)48-33-44(31-37-15-11-13-23-46(37)48)50(42-18-6-2-7-19-42)43-20-8-3-9-21-43/h1-33,49H. The van der Waals surface area contributed by atoms with Gasteiger partial charge in [0.15, 0.2) is 0 Å². The third kappa shape index (κ3) is 5.63. The van der Waals surface area contributed by atoms with E-state index >= 15 is 0 Å². The van der Waals surface area contributed by atoms with E-state index in [-0.39, 0.29) is 0 Å². The number of nitrogens with one attached hydrogen (secondary N) is 1. The molecular weight excluding hydrogens is 605 g/mol. The fourth-order valence-corrected chi connectivity index (χ4v) is 7.15. The molecule has 1 N–H and O–H groups in total. The zero-order chi connectivity index (χ0) is 33.3. The van der Waals surface area contributed by atoms with Crippen molar-refractivity contribution in [2.75, 3.05) is 10.2 Å². The quantitative estimate of drug-likeness (QED) is 0.187. The molecule has 50 heavy (non-hydrogen) atoms. The van der Waals surface area contributed by atoms with Crippen molar-refractivity contribution >= 4 is 60.8 Å². The van der Waals surface area contributed by atoms with E-state index in [4.69, 9.17) is 0 Å². The molecule has 9 rings (SSSR count). The summed E-state index contributed by atoms with van der Waals surface area (Å²) in [6.45, 7) is 0. The summed E-state index contributed by atoms with van der Waals surface area (Å²) >= 11 is 0. The molecule has 0 aliphatic carbocycles. The van der Waals surface area contributed by atoms with Crippen LogP contribution in [-0.4, -0.2) is 0 Å². The number of anilines is 5. The van der Waals surface area contributed by atoms with Gasteiger partial charge in [-0.25, -0.2) is 0 Å². The predicted molar refractivity (Wildman–Crippen MR) is 214 cm³/mol. The molecule has 0 aromatic heterocycles. The molecule has 0 heterocycles. The zero-order valence-electron chi connectivity index (χ0n) is 27.5. The Kier molecular flexibility index (Phi) is 7.53. The van der Waals surface area contributed by atoms with Crippen LogP contribution in [0.2, 0.25) is 0 Å². The van der Waals surface area contributed by atoms with Crippen molar-refractivity contribution in [3.05, 3.63) is 200 Å². The SMILES string of the molecule is c1ccc(Nc2cc(-c3ccc4cc(-c5cc(N(c6ccccc6)c6ccccc6)cc6ccccc56)ccc4c3)c3ccccc3c2)cc1. The molecule has 0 radical (unpaired) electrons. The second kappa shape index (κ2) is 12.8. The van der Waals surface area contributed by atoms with Gasteiger partial charge < -0.3 is 10.2 Å². The summed E-state index contributed by atoms with van der Waals surface area (Å²) in [7, 11) is 0. The summed E-state index contributed by atoms with van der Waals surface area (Å²) in [6.07, 6.45) is 0. The number of nitrogens with zero attached hydrogens (tertiary/aromatic N) is 1. The zero-order valence-corrected chi connectivity index (χ0v) is 27.5. The van der Waals surface area contributed by atoms with E-state index in [1.165, 1.54) is 54.6 Å². The molecule has 236 valence electrons. The molecule has 0 saturated heterocycles. The number of hydrogen-bond donors (Lipinski definition) is 1. The summed E-state index contributed by atoms with van der Waals surface area (Å²) in [6, 6.07) is 71.8. The summed E-state index contributed by atoms with van der Waals surface area (Å²) in [5.41, 5.74) is 10.4. The van der Waals surface area contributed by atoms with Crippen molar-refractivity contribution < 1.29 is 0 Å². The van der Waals surface area contributed by atoms with Crippen molar-refractivity contribution in [3.63, 3.8) is 0 Å². The van der Waals surface area contributed by atoms with Gasteiger partial charge in [0.2, 0.25) is 0 Å². The highest BCUT2D eigenvalue weighted by molar-refractivity contribution is 6.04. The van der Waals surface area contributed by atoms with Crippen LogP contribution in [0.15, 0.2) is 200 Å². The fourth-order valence-electron chi connectivity index (χ4n) is 7.15. The van der Waals surface area contributed by atoms with Gasteiger partial charge in [-0.15, -0.1) is 0 Å². The monoisotopic (exact) mass is 638 g/mol. The topological polar surface area (TPSA) is 15.3 Å². The Bertz CT molecular complexity index is 2570. The second-order valence-corrected chi connectivity index (χ2v) is 12.7. The Hall–Kier alpha value is -6.64. The number of hydrogen-bond acceptors (Lipinski definition) is 2. The Morgan fingerprint density at radius 3 is 1.36 bits per heavy atom. The highest BCUT2D eigenvalue weighted by atomic mass is 15.1. The van der Waals surface area contributed by atoms with E-state index in [2.05, 4.69) is 204 Å². The van der Waals surface area contributed by atoms with Crippen LogP contribution in [0.3, 0.4) is 0 Å². The van der Waals surface area contributed by atoms with E-state index in [0.717, 1.165) is 28.4 Å². The molecular formula is C48H34N2. The van der Waals surface area contributed by atoms with E-state index in [9.17, 15) is 0 Å². The van der Waals surface area contributed by atoms with Crippen molar-refractivity contribution in [1.29, 1.82) is 0 Å². The second-order valence-electron chi connectivity index (χ2n) is 12.7. The Balaban J connectivity index is 1.15. The number of benzene rings is 9. The van der Waals surface area contributed by atoms with E-state index in [1.54, 1.807) is 0 Å². The van der Waals surface area contributed by atoms with Gasteiger partial charge in [-0.05, 0) is 127 Å². The van der Waals surface area contributed by atoms with Crippen LogP contribution in [0.4, 0.5) is 28.4 Å². The summed E-state index contributed by atoms with van der Waals surface area (Å²) in [5, 5.41) is 10.9. The molecule has 9 aromatic rings. The smallest absolute Gasteiger partial charge is 0.0474 e. The van der Waals surface area contributed by atoms with E-state index in [0.29, 0.717) is 0 Å². The molecule has 0 aliphatic rings. The first-order valence-corrected chi connectivity index (χ1v) is 17.1. The van der Waals surface area contributed by atoms with Gasteiger partial charge in [-0.1, -0.05) is 127 Å². The minimum absolute atomic E-state index is 1.08. The van der Waals surface area contributed by atoms with Gasteiger partial charge >= 0.3 is 0 Å². The molecule has 0 saturated carbocycles. The third-order valence-corrected chi connectivity index (χ3v) is 9.52. The normalized spacial score (nSPS) is 11.2. The number of fused-ring (bicyclic) bond motifs is 3. The van der Waals surface area contributed by atoms with Crippen LogP contribution in [0, 0.1) is 0 Å². The molecule has 0 amide bonds. The lowest BCUT2D eigenvalue weighted by Gasteiger charge is -2.26. The van der Waals surface area contributed by atoms with Crippen LogP contribution in [0.1, 0.15) is 0 Å². The minimum Gasteiger partial charge on any atom is -0.355 e. The molecule has 0 fully saturated rings. The third-order valence-electron chi connectivity index (χ3n) is 9.52. The minimum atomic E-state index is 1.08. The van der Waals surface area contributed by atoms with Gasteiger partial charge in [0.1, 0.15) is 0 Å². The van der Waals surface area contributed by atoms with Crippen LogP contribution in [-0.2, 0) is 0 Å². The maximum absolute atomic E-state index is 3.61. The highest BCUT2D eigenvalue weighted by Gasteiger charge is 2.16. The van der Waals surface area contributed by atoms with Gasteiger partial charge in [0.25, 0.3) is 0 Å².